The average molecular weight is 210 g/mol. The van der Waals surface area contributed by atoms with E-state index < -0.39 is 0 Å². The van der Waals surface area contributed by atoms with Crippen molar-refractivity contribution in [3.05, 3.63) is 17.3 Å². The maximum absolute atomic E-state index is 5.68. The summed E-state index contributed by atoms with van der Waals surface area (Å²) in [6.07, 6.45) is 0. The van der Waals surface area contributed by atoms with Crippen LogP contribution in [0.25, 0.3) is 0 Å². The van der Waals surface area contributed by atoms with E-state index in [2.05, 4.69) is 19.7 Å². The van der Waals surface area contributed by atoms with Gasteiger partial charge in [0.25, 0.3) is 0 Å². The molecule has 2 aromatic rings. The highest BCUT2D eigenvalue weighted by atomic mass is 32.1. The Hall–Kier alpha value is -1.50. The molecule has 7 heteroatoms. The lowest BCUT2D eigenvalue weighted by Gasteiger charge is -1.99. The molecule has 2 rings (SSSR count). The SMILES string of the molecule is Cc1nc(C)n(Cc2nnsc2N)n1. The Morgan fingerprint density at radius 3 is 2.71 bits per heavy atom. The van der Waals surface area contributed by atoms with Crippen molar-refractivity contribution in [1.82, 2.24) is 24.4 Å². The van der Waals surface area contributed by atoms with Crippen molar-refractivity contribution in [3.63, 3.8) is 0 Å². The lowest BCUT2D eigenvalue weighted by Crippen LogP contribution is -2.06. The fourth-order valence-corrected chi connectivity index (χ4v) is 1.62. The third-order valence-electron chi connectivity index (χ3n) is 1.85. The van der Waals surface area contributed by atoms with Crippen molar-refractivity contribution < 1.29 is 0 Å². The van der Waals surface area contributed by atoms with Crippen LogP contribution in [-0.4, -0.2) is 24.4 Å². The molecule has 6 nitrogen and oxygen atoms in total. The first-order valence-electron chi connectivity index (χ1n) is 4.11. The number of hydrogen-bond donors (Lipinski definition) is 1. The van der Waals surface area contributed by atoms with E-state index in [-0.39, 0.29) is 0 Å². The molecule has 0 fully saturated rings. The summed E-state index contributed by atoms with van der Waals surface area (Å²) in [5.41, 5.74) is 6.43. The molecule has 0 aromatic carbocycles. The number of nitrogen functional groups attached to an aromatic ring is 1. The van der Waals surface area contributed by atoms with Gasteiger partial charge in [-0.25, -0.2) is 9.67 Å². The van der Waals surface area contributed by atoms with Gasteiger partial charge in [-0.05, 0) is 13.8 Å². The molecule has 0 bridgehead atoms. The minimum atomic E-state index is 0.537. The molecule has 2 heterocycles. The first-order valence-corrected chi connectivity index (χ1v) is 4.89. The molecule has 2 N–H and O–H groups in total. The van der Waals surface area contributed by atoms with Crippen LogP contribution in [-0.2, 0) is 6.54 Å². The fourth-order valence-electron chi connectivity index (χ4n) is 1.18. The lowest BCUT2D eigenvalue weighted by molar-refractivity contribution is 0.643. The van der Waals surface area contributed by atoms with Crippen LogP contribution in [0.5, 0.6) is 0 Å². The number of nitrogens with two attached hydrogens (primary N) is 1. The van der Waals surface area contributed by atoms with Gasteiger partial charge in [0, 0.05) is 11.5 Å². The second kappa shape index (κ2) is 3.33. The maximum Gasteiger partial charge on any atom is 0.147 e. The Bertz CT molecular complexity index is 445. The quantitative estimate of drug-likeness (QED) is 0.774. The average Bonchev–Trinajstić information content (AvgIpc) is 2.62. The molecule has 0 atom stereocenters. The second-order valence-corrected chi connectivity index (χ2v) is 3.73. The molecule has 0 aliphatic heterocycles. The standard InChI is InChI=1S/C7H10N6S/c1-4-9-5(2)13(11-4)3-6-7(8)14-12-10-6/h3,8H2,1-2H3. The van der Waals surface area contributed by atoms with Crippen LogP contribution in [0.4, 0.5) is 5.00 Å². The lowest BCUT2D eigenvalue weighted by atomic mass is 10.4. The Balaban J connectivity index is 2.27. The molecule has 0 saturated carbocycles. The summed E-state index contributed by atoms with van der Waals surface area (Å²) in [6, 6.07) is 0. The third kappa shape index (κ3) is 1.58. The van der Waals surface area contributed by atoms with E-state index in [1.165, 1.54) is 11.5 Å². The van der Waals surface area contributed by atoms with Crippen molar-refractivity contribution in [2.45, 2.75) is 20.4 Å². The van der Waals surface area contributed by atoms with Crippen molar-refractivity contribution in [3.8, 4) is 0 Å². The highest BCUT2D eigenvalue weighted by Crippen LogP contribution is 2.13. The van der Waals surface area contributed by atoms with Gasteiger partial charge in [0.05, 0.1) is 6.54 Å². The summed E-state index contributed by atoms with van der Waals surface area (Å²) in [5, 5.41) is 8.77. The Labute approximate surface area is 84.9 Å². The molecule has 0 aliphatic rings. The molecule has 2 aromatic heterocycles. The molecule has 0 unspecified atom stereocenters. The first kappa shape index (κ1) is 9.07. The highest BCUT2D eigenvalue weighted by Gasteiger charge is 2.08. The van der Waals surface area contributed by atoms with Crippen LogP contribution in [0.3, 0.4) is 0 Å². The first-order chi connectivity index (χ1) is 6.66. The van der Waals surface area contributed by atoms with Gasteiger partial charge in [0.2, 0.25) is 0 Å². The third-order valence-corrected chi connectivity index (χ3v) is 2.44. The zero-order chi connectivity index (χ0) is 10.1. The van der Waals surface area contributed by atoms with Gasteiger partial charge in [-0.2, -0.15) is 5.10 Å². The molecule has 0 amide bonds. The molecule has 74 valence electrons. The van der Waals surface area contributed by atoms with E-state index in [4.69, 9.17) is 5.73 Å². The zero-order valence-electron chi connectivity index (χ0n) is 7.93. The summed E-state index contributed by atoms with van der Waals surface area (Å²) >= 11 is 1.19. The number of aromatic nitrogens is 5. The maximum atomic E-state index is 5.68. The molecular weight excluding hydrogens is 200 g/mol. The summed E-state index contributed by atoms with van der Waals surface area (Å²) in [7, 11) is 0. The van der Waals surface area contributed by atoms with E-state index >= 15 is 0 Å². The Morgan fingerprint density at radius 1 is 1.43 bits per heavy atom. The van der Waals surface area contributed by atoms with Crippen LogP contribution in [0.2, 0.25) is 0 Å². The van der Waals surface area contributed by atoms with Crippen LogP contribution in [0.1, 0.15) is 17.3 Å². The Morgan fingerprint density at radius 2 is 2.21 bits per heavy atom. The van der Waals surface area contributed by atoms with Crippen LogP contribution < -0.4 is 5.73 Å². The predicted octanol–water partition coefficient (Wildman–Crippen LogP) is 0.377. The summed E-state index contributed by atoms with van der Waals surface area (Å²) in [6.45, 7) is 4.29. The number of nitrogens with zero attached hydrogens (tertiary/aromatic N) is 5. The van der Waals surface area contributed by atoms with E-state index in [1.807, 2.05) is 13.8 Å². The zero-order valence-corrected chi connectivity index (χ0v) is 8.75. The van der Waals surface area contributed by atoms with Crippen LogP contribution >= 0.6 is 11.5 Å². The highest BCUT2D eigenvalue weighted by molar-refractivity contribution is 7.09. The van der Waals surface area contributed by atoms with Crippen LogP contribution in [0.15, 0.2) is 0 Å². The smallest absolute Gasteiger partial charge is 0.147 e. The minimum Gasteiger partial charge on any atom is -0.388 e. The Kier molecular flexibility index (Phi) is 2.16. The molecule has 0 aliphatic carbocycles. The molecule has 0 spiro atoms. The molecule has 14 heavy (non-hydrogen) atoms. The van der Waals surface area contributed by atoms with Gasteiger partial charge in [-0.1, -0.05) is 4.49 Å². The van der Waals surface area contributed by atoms with E-state index in [0.717, 1.165) is 17.3 Å². The van der Waals surface area contributed by atoms with E-state index in [0.29, 0.717) is 11.5 Å². The van der Waals surface area contributed by atoms with E-state index in [1.54, 1.807) is 4.68 Å². The topological polar surface area (TPSA) is 82.5 Å². The largest absolute Gasteiger partial charge is 0.388 e. The van der Waals surface area contributed by atoms with Gasteiger partial charge in [-0.15, -0.1) is 5.10 Å². The normalized spacial score (nSPS) is 10.7. The van der Waals surface area contributed by atoms with Gasteiger partial charge < -0.3 is 5.73 Å². The number of anilines is 1. The summed E-state index contributed by atoms with van der Waals surface area (Å²) < 4.78 is 5.53. The molecule has 0 saturated heterocycles. The van der Waals surface area contributed by atoms with Crippen molar-refractivity contribution in [2.75, 3.05) is 5.73 Å². The molecule has 0 radical (unpaired) electrons. The number of rotatable bonds is 2. The fraction of sp³-hybridized carbons (Fsp3) is 0.429. The van der Waals surface area contributed by atoms with Gasteiger partial charge >= 0.3 is 0 Å². The second-order valence-electron chi connectivity index (χ2n) is 2.95. The summed E-state index contributed by atoms with van der Waals surface area (Å²) in [5.74, 6) is 1.61. The van der Waals surface area contributed by atoms with Crippen molar-refractivity contribution >= 4 is 16.5 Å². The van der Waals surface area contributed by atoms with Gasteiger partial charge in [0.15, 0.2) is 0 Å². The number of aryl methyl sites for hydroxylation is 2. The monoisotopic (exact) mass is 210 g/mol. The number of hydrogen-bond acceptors (Lipinski definition) is 6. The van der Waals surface area contributed by atoms with Gasteiger partial charge in [-0.3, -0.25) is 0 Å². The van der Waals surface area contributed by atoms with Crippen molar-refractivity contribution in [2.24, 2.45) is 0 Å². The van der Waals surface area contributed by atoms with Gasteiger partial charge in [0.1, 0.15) is 22.3 Å². The summed E-state index contributed by atoms with van der Waals surface area (Å²) in [4.78, 5) is 4.19. The minimum absolute atomic E-state index is 0.537. The molecular formula is C7H10N6S. The van der Waals surface area contributed by atoms with E-state index in [9.17, 15) is 0 Å². The predicted molar refractivity (Wildman–Crippen MR) is 52.9 cm³/mol. The van der Waals surface area contributed by atoms with Crippen LogP contribution in [0, 0.1) is 13.8 Å². The van der Waals surface area contributed by atoms with Crippen molar-refractivity contribution in [1.29, 1.82) is 0 Å².